The number of hydrogen-bond donors (Lipinski definition) is 1. The van der Waals surface area contributed by atoms with Gasteiger partial charge in [-0.15, -0.1) is 11.3 Å². The molecule has 1 N–H and O–H groups in total. The first kappa shape index (κ1) is 20.3. The molecule has 1 aliphatic rings. The van der Waals surface area contributed by atoms with Gasteiger partial charge in [-0.3, -0.25) is 4.90 Å². The van der Waals surface area contributed by atoms with Gasteiger partial charge >= 0.3 is 0 Å². The molecule has 0 atom stereocenters. The van der Waals surface area contributed by atoms with Crippen molar-refractivity contribution in [1.29, 1.82) is 5.26 Å². The van der Waals surface area contributed by atoms with Gasteiger partial charge in [-0.2, -0.15) is 5.26 Å². The Labute approximate surface area is 190 Å². The van der Waals surface area contributed by atoms with Gasteiger partial charge in [-0.05, 0) is 45.6 Å². The molecular formula is C22H17Br2N3OS. The first-order chi connectivity index (χ1) is 14.0. The Kier molecular flexibility index (Phi) is 6.16. The van der Waals surface area contributed by atoms with Crippen LogP contribution in [0.4, 0.5) is 5.00 Å². The van der Waals surface area contributed by atoms with Crippen molar-refractivity contribution in [3.8, 4) is 11.8 Å². The lowest BCUT2D eigenvalue weighted by atomic mass is 10.0. The van der Waals surface area contributed by atoms with E-state index in [0.717, 1.165) is 36.1 Å². The van der Waals surface area contributed by atoms with Crippen molar-refractivity contribution in [2.45, 2.75) is 19.5 Å². The van der Waals surface area contributed by atoms with Gasteiger partial charge in [-0.1, -0.05) is 46.3 Å². The molecule has 0 unspecified atom stereocenters. The number of aromatic hydroxyl groups is 1. The molecule has 0 saturated heterocycles. The predicted octanol–water partition coefficient (Wildman–Crippen LogP) is 6.16. The third-order valence-electron chi connectivity index (χ3n) is 4.86. The zero-order valence-electron chi connectivity index (χ0n) is 15.4. The fourth-order valence-corrected chi connectivity index (χ4v) is 5.88. The summed E-state index contributed by atoms with van der Waals surface area (Å²) >= 11 is 8.33. The Hall–Kier alpha value is -1.98. The van der Waals surface area contributed by atoms with E-state index in [-0.39, 0.29) is 5.75 Å². The molecule has 2 aromatic carbocycles. The van der Waals surface area contributed by atoms with Crippen LogP contribution in [0.2, 0.25) is 0 Å². The lowest BCUT2D eigenvalue weighted by Gasteiger charge is -2.26. The van der Waals surface area contributed by atoms with Crippen LogP contribution in [0.25, 0.3) is 0 Å². The van der Waals surface area contributed by atoms with E-state index < -0.39 is 0 Å². The monoisotopic (exact) mass is 529 g/mol. The van der Waals surface area contributed by atoms with Crippen LogP contribution < -0.4 is 0 Å². The highest BCUT2D eigenvalue weighted by Crippen LogP contribution is 2.39. The summed E-state index contributed by atoms with van der Waals surface area (Å²) in [4.78, 5) is 8.16. The number of fused-ring (bicyclic) bond motifs is 1. The molecule has 0 aliphatic carbocycles. The number of benzene rings is 2. The topological polar surface area (TPSA) is 59.6 Å². The lowest BCUT2D eigenvalue weighted by molar-refractivity contribution is 0.249. The third-order valence-corrected chi connectivity index (χ3v) is 7.04. The van der Waals surface area contributed by atoms with Gasteiger partial charge in [0.15, 0.2) is 0 Å². The van der Waals surface area contributed by atoms with E-state index in [4.69, 9.17) is 0 Å². The van der Waals surface area contributed by atoms with Crippen LogP contribution >= 0.6 is 43.2 Å². The summed E-state index contributed by atoms with van der Waals surface area (Å²) in [6, 6.07) is 16.3. The molecule has 0 bridgehead atoms. The van der Waals surface area contributed by atoms with Gasteiger partial charge < -0.3 is 5.11 Å². The van der Waals surface area contributed by atoms with Crippen molar-refractivity contribution >= 4 is 54.4 Å². The first-order valence-electron chi connectivity index (χ1n) is 9.08. The minimum atomic E-state index is 0.130. The number of hydrogen-bond acceptors (Lipinski definition) is 5. The van der Waals surface area contributed by atoms with Crippen LogP contribution in [0.5, 0.6) is 5.75 Å². The Bertz CT molecular complexity index is 1120. The summed E-state index contributed by atoms with van der Waals surface area (Å²) in [5.74, 6) is 0.130. The molecule has 2 heterocycles. The van der Waals surface area contributed by atoms with E-state index in [1.165, 1.54) is 10.4 Å². The highest BCUT2D eigenvalue weighted by Gasteiger charge is 2.24. The molecule has 0 spiro atoms. The Morgan fingerprint density at radius 3 is 2.79 bits per heavy atom. The molecule has 0 saturated carbocycles. The SMILES string of the molecule is N#Cc1c(N=Cc2cc(Br)cc(Br)c2O)sc2c1CCN(Cc1ccccc1)C2. The molecule has 1 aliphatic heterocycles. The Morgan fingerprint density at radius 2 is 2.03 bits per heavy atom. The van der Waals surface area contributed by atoms with Crippen molar-refractivity contribution in [3.63, 3.8) is 0 Å². The maximum atomic E-state index is 10.2. The minimum absolute atomic E-state index is 0.130. The second-order valence-corrected chi connectivity index (χ2v) is 9.68. The molecule has 1 aromatic heterocycles. The van der Waals surface area contributed by atoms with E-state index in [1.54, 1.807) is 29.7 Å². The van der Waals surface area contributed by atoms with Crippen molar-refractivity contribution < 1.29 is 5.11 Å². The highest BCUT2D eigenvalue weighted by molar-refractivity contribution is 9.11. The summed E-state index contributed by atoms with van der Waals surface area (Å²) in [6.07, 6.45) is 2.47. The van der Waals surface area contributed by atoms with Crippen molar-refractivity contribution in [2.24, 2.45) is 4.99 Å². The maximum absolute atomic E-state index is 10.2. The van der Waals surface area contributed by atoms with Crippen LogP contribution in [0, 0.1) is 11.3 Å². The van der Waals surface area contributed by atoms with Crippen LogP contribution in [0.15, 0.2) is 56.4 Å². The van der Waals surface area contributed by atoms with Crippen molar-refractivity contribution in [3.05, 3.63) is 78.5 Å². The average molecular weight is 531 g/mol. The predicted molar refractivity (Wildman–Crippen MR) is 124 cm³/mol. The Balaban J connectivity index is 1.59. The molecular weight excluding hydrogens is 514 g/mol. The molecule has 29 heavy (non-hydrogen) atoms. The molecule has 0 radical (unpaired) electrons. The van der Waals surface area contributed by atoms with E-state index in [0.29, 0.717) is 20.6 Å². The molecule has 0 amide bonds. The molecule has 7 heteroatoms. The number of nitriles is 1. The first-order valence-corrected chi connectivity index (χ1v) is 11.5. The summed E-state index contributed by atoms with van der Waals surface area (Å²) < 4.78 is 1.43. The number of phenols is 1. The summed E-state index contributed by atoms with van der Waals surface area (Å²) in [5.41, 5.74) is 3.66. The number of rotatable bonds is 4. The van der Waals surface area contributed by atoms with Crippen molar-refractivity contribution in [2.75, 3.05) is 6.54 Å². The molecule has 0 fully saturated rings. The lowest BCUT2D eigenvalue weighted by Crippen LogP contribution is -2.29. The number of thiophene rings is 1. The van der Waals surface area contributed by atoms with Gasteiger partial charge in [0.05, 0.1) is 10.0 Å². The standard InChI is InChI=1S/C22H17Br2N3OS/c23-16-8-15(21(28)19(24)9-16)11-26-22-18(10-25)17-6-7-27(13-20(17)29-22)12-14-4-2-1-3-5-14/h1-5,8-9,11,28H,6-7,12-13H2. The van der Waals surface area contributed by atoms with Gasteiger partial charge in [0.1, 0.15) is 16.8 Å². The number of phenolic OH excluding ortho intramolecular Hbond substituents is 1. The van der Waals surface area contributed by atoms with E-state index in [2.05, 4.69) is 72.1 Å². The fraction of sp³-hybridized carbons (Fsp3) is 0.182. The quantitative estimate of drug-likeness (QED) is 0.411. The van der Waals surface area contributed by atoms with Gasteiger partial charge in [0.2, 0.25) is 0 Å². The largest absolute Gasteiger partial charge is 0.506 e. The summed E-state index contributed by atoms with van der Waals surface area (Å²) in [6.45, 7) is 2.65. The van der Waals surface area contributed by atoms with Crippen LogP contribution in [-0.4, -0.2) is 22.8 Å². The van der Waals surface area contributed by atoms with Gasteiger partial charge in [0, 0.05) is 40.8 Å². The zero-order chi connectivity index (χ0) is 20.4. The second kappa shape index (κ2) is 8.80. The number of aliphatic imine (C=N–C) groups is 1. The number of nitrogens with zero attached hydrogens (tertiary/aromatic N) is 3. The van der Waals surface area contributed by atoms with Crippen molar-refractivity contribution in [1.82, 2.24) is 4.90 Å². The fourth-order valence-electron chi connectivity index (χ4n) is 3.44. The van der Waals surface area contributed by atoms with E-state index in [1.807, 2.05) is 6.07 Å². The van der Waals surface area contributed by atoms with Gasteiger partial charge in [-0.25, -0.2) is 4.99 Å². The van der Waals surface area contributed by atoms with Gasteiger partial charge in [0.25, 0.3) is 0 Å². The molecule has 4 rings (SSSR count). The average Bonchev–Trinajstić information content (AvgIpc) is 3.07. The summed E-state index contributed by atoms with van der Waals surface area (Å²) in [7, 11) is 0. The minimum Gasteiger partial charge on any atom is -0.506 e. The second-order valence-electron chi connectivity index (χ2n) is 6.83. The molecule has 3 aromatic rings. The Morgan fingerprint density at radius 1 is 1.24 bits per heavy atom. The zero-order valence-corrected chi connectivity index (χ0v) is 19.4. The third kappa shape index (κ3) is 4.46. The van der Waals surface area contributed by atoms with E-state index in [9.17, 15) is 10.4 Å². The molecule has 4 nitrogen and oxygen atoms in total. The molecule has 146 valence electrons. The van der Waals surface area contributed by atoms with E-state index >= 15 is 0 Å². The number of halogens is 2. The maximum Gasteiger partial charge on any atom is 0.138 e. The smallest absolute Gasteiger partial charge is 0.138 e. The highest BCUT2D eigenvalue weighted by atomic mass is 79.9. The van der Waals surface area contributed by atoms with Crippen LogP contribution in [0.1, 0.15) is 27.1 Å². The van der Waals surface area contributed by atoms with Crippen LogP contribution in [-0.2, 0) is 19.5 Å². The normalized spacial score (nSPS) is 14.1. The summed E-state index contributed by atoms with van der Waals surface area (Å²) in [5, 5.41) is 20.6. The van der Waals surface area contributed by atoms with Crippen LogP contribution in [0.3, 0.4) is 0 Å².